The molecule has 2 aliphatic heterocycles. The van der Waals surface area contributed by atoms with Gasteiger partial charge in [-0.1, -0.05) is 66.7 Å². The van der Waals surface area contributed by atoms with Crippen molar-refractivity contribution in [2.45, 2.75) is 19.6 Å². The van der Waals surface area contributed by atoms with Gasteiger partial charge in [-0.2, -0.15) is 0 Å². The summed E-state index contributed by atoms with van der Waals surface area (Å²) in [6, 6.07) is 26.7. The molecule has 6 rings (SSSR count). The Morgan fingerprint density at radius 1 is 0.921 bits per heavy atom. The summed E-state index contributed by atoms with van der Waals surface area (Å²) in [5.74, 6) is -0.752. The van der Waals surface area contributed by atoms with Crippen LogP contribution in [0, 0.1) is 5.92 Å². The van der Waals surface area contributed by atoms with Crippen LogP contribution in [0.5, 0.6) is 0 Å². The Balaban J connectivity index is 1.26. The minimum Gasteiger partial charge on any atom is -0.445 e. The Kier molecular flexibility index (Phi) is 6.13. The number of hydrogen-bond donors (Lipinski definition) is 3. The molecule has 8 nitrogen and oxygen atoms in total. The lowest BCUT2D eigenvalue weighted by Crippen LogP contribution is -2.30. The van der Waals surface area contributed by atoms with Crippen LogP contribution in [0.3, 0.4) is 0 Å². The fourth-order valence-electron chi connectivity index (χ4n) is 5.27. The molecule has 0 aliphatic carbocycles. The highest BCUT2D eigenvalue weighted by atomic mass is 16.5. The molecule has 38 heavy (non-hydrogen) atoms. The number of rotatable bonds is 7. The number of para-hydroxylation sites is 2. The zero-order valence-corrected chi connectivity index (χ0v) is 20.6. The number of amides is 3. The quantitative estimate of drug-likeness (QED) is 0.326. The minimum absolute atomic E-state index is 0.115. The molecule has 2 aliphatic rings. The zero-order chi connectivity index (χ0) is 26.1. The fourth-order valence-corrected chi connectivity index (χ4v) is 5.27. The minimum atomic E-state index is -0.465. The molecule has 4 aromatic rings. The van der Waals surface area contributed by atoms with E-state index in [9.17, 15) is 14.4 Å². The SMILES string of the molecule is O=C(NC[C@H]1Cc2c(C3=C(Nc4ccccc4)C(=O)NC3=O)c3ccccc3n2C1)OCc1ccccc1. The first-order valence-corrected chi connectivity index (χ1v) is 12.6. The normalized spacial score (nSPS) is 16.5. The summed E-state index contributed by atoms with van der Waals surface area (Å²) in [4.78, 5) is 38.2. The van der Waals surface area contributed by atoms with E-state index in [2.05, 4.69) is 20.5 Å². The Labute approximate surface area is 219 Å². The van der Waals surface area contributed by atoms with Crippen LogP contribution >= 0.6 is 0 Å². The van der Waals surface area contributed by atoms with Crippen molar-refractivity contribution in [3.05, 3.63) is 107 Å². The second-order valence-electron chi connectivity index (χ2n) is 9.49. The van der Waals surface area contributed by atoms with Crippen LogP contribution in [0.4, 0.5) is 10.5 Å². The number of nitrogens with one attached hydrogen (secondary N) is 3. The molecule has 1 atom stereocenters. The van der Waals surface area contributed by atoms with Gasteiger partial charge in [0.15, 0.2) is 0 Å². The summed E-state index contributed by atoms with van der Waals surface area (Å²) >= 11 is 0. The maximum absolute atomic E-state index is 13.1. The lowest BCUT2D eigenvalue weighted by molar-refractivity contribution is -0.123. The first kappa shape index (κ1) is 23.5. The van der Waals surface area contributed by atoms with Crippen LogP contribution in [-0.2, 0) is 33.9 Å². The Hall–Kier alpha value is -4.85. The number of anilines is 1. The van der Waals surface area contributed by atoms with Gasteiger partial charge < -0.3 is 19.9 Å². The molecule has 3 amide bonds. The summed E-state index contributed by atoms with van der Waals surface area (Å²) in [6.45, 7) is 1.32. The molecule has 8 heteroatoms. The van der Waals surface area contributed by atoms with Crippen molar-refractivity contribution < 1.29 is 19.1 Å². The second-order valence-corrected chi connectivity index (χ2v) is 9.49. The molecule has 1 aromatic heterocycles. The van der Waals surface area contributed by atoms with E-state index in [4.69, 9.17) is 4.74 Å². The molecule has 0 bridgehead atoms. The average Bonchev–Trinajstić information content (AvgIpc) is 3.57. The molecule has 0 unspecified atom stereocenters. The van der Waals surface area contributed by atoms with Crippen molar-refractivity contribution in [2.75, 3.05) is 11.9 Å². The zero-order valence-electron chi connectivity index (χ0n) is 20.6. The van der Waals surface area contributed by atoms with Gasteiger partial charge in [0, 0.05) is 40.9 Å². The summed E-state index contributed by atoms with van der Waals surface area (Å²) in [7, 11) is 0. The van der Waals surface area contributed by atoms with Crippen molar-refractivity contribution in [2.24, 2.45) is 5.92 Å². The molecule has 190 valence electrons. The summed E-state index contributed by atoms with van der Waals surface area (Å²) in [6.07, 6.45) is 0.181. The number of ether oxygens (including phenoxy) is 1. The first-order chi connectivity index (χ1) is 18.6. The van der Waals surface area contributed by atoms with Crippen LogP contribution in [0.1, 0.15) is 16.8 Å². The Bertz CT molecular complexity index is 1570. The van der Waals surface area contributed by atoms with Crippen molar-refractivity contribution in [1.82, 2.24) is 15.2 Å². The monoisotopic (exact) mass is 506 g/mol. The van der Waals surface area contributed by atoms with Crippen molar-refractivity contribution in [3.63, 3.8) is 0 Å². The van der Waals surface area contributed by atoms with E-state index in [1.54, 1.807) is 0 Å². The number of imide groups is 1. The number of carbonyl (C=O) groups is 3. The predicted molar refractivity (Wildman–Crippen MR) is 144 cm³/mol. The maximum Gasteiger partial charge on any atom is 0.407 e. The smallest absolute Gasteiger partial charge is 0.407 e. The fraction of sp³-hybridized carbons (Fsp3) is 0.167. The van der Waals surface area contributed by atoms with Gasteiger partial charge in [0.1, 0.15) is 12.3 Å². The molecular weight excluding hydrogens is 480 g/mol. The molecule has 0 radical (unpaired) electrons. The predicted octanol–water partition coefficient (Wildman–Crippen LogP) is 4.22. The highest BCUT2D eigenvalue weighted by Gasteiger charge is 2.37. The van der Waals surface area contributed by atoms with E-state index in [0.717, 1.165) is 33.4 Å². The molecule has 3 aromatic carbocycles. The molecule has 0 saturated heterocycles. The number of fused-ring (bicyclic) bond motifs is 3. The first-order valence-electron chi connectivity index (χ1n) is 12.6. The van der Waals surface area contributed by atoms with Gasteiger partial charge >= 0.3 is 6.09 Å². The number of carbonyl (C=O) groups excluding carboxylic acids is 3. The third-order valence-electron chi connectivity index (χ3n) is 6.97. The molecule has 0 saturated carbocycles. The number of alkyl carbamates (subject to hydrolysis) is 1. The lowest BCUT2D eigenvalue weighted by atomic mass is 9.96. The molecular formula is C30H26N4O4. The molecule has 3 N–H and O–H groups in total. The van der Waals surface area contributed by atoms with Gasteiger partial charge in [-0.05, 0) is 36.1 Å². The number of benzene rings is 3. The van der Waals surface area contributed by atoms with Crippen LogP contribution in [0.2, 0.25) is 0 Å². The van der Waals surface area contributed by atoms with Crippen LogP contribution in [0.15, 0.2) is 90.6 Å². The van der Waals surface area contributed by atoms with Crippen LogP contribution in [0.25, 0.3) is 16.5 Å². The number of hydrogen-bond acceptors (Lipinski definition) is 5. The van der Waals surface area contributed by atoms with E-state index in [0.29, 0.717) is 25.1 Å². The van der Waals surface area contributed by atoms with E-state index >= 15 is 0 Å². The van der Waals surface area contributed by atoms with Crippen LogP contribution in [-0.4, -0.2) is 29.0 Å². The maximum atomic E-state index is 13.1. The third-order valence-corrected chi connectivity index (χ3v) is 6.97. The van der Waals surface area contributed by atoms with Gasteiger partial charge in [0.25, 0.3) is 11.8 Å². The van der Waals surface area contributed by atoms with Crippen molar-refractivity contribution >= 4 is 40.1 Å². The van der Waals surface area contributed by atoms with Gasteiger partial charge in [-0.25, -0.2) is 4.79 Å². The third kappa shape index (κ3) is 4.41. The topological polar surface area (TPSA) is 101 Å². The van der Waals surface area contributed by atoms with Crippen LogP contribution < -0.4 is 16.0 Å². The van der Waals surface area contributed by atoms with E-state index in [1.807, 2.05) is 84.9 Å². The average molecular weight is 507 g/mol. The van der Waals surface area contributed by atoms with E-state index in [-0.39, 0.29) is 18.2 Å². The summed E-state index contributed by atoms with van der Waals surface area (Å²) < 4.78 is 7.55. The van der Waals surface area contributed by atoms with Gasteiger partial charge in [-0.3, -0.25) is 14.9 Å². The molecule has 3 heterocycles. The van der Waals surface area contributed by atoms with E-state index in [1.165, 1.54) is 0 Å². The standard InChI is InChI=1S/C30H26N4O4/c35-28-26(27(29(36)33-28)32-21-11-5-2-6-12-21)25-22-13-7-8-14-23(22)34-17-20(15-24(25)34)16-31-30(37)38-18-19-9-3-1-4-10-19/h1-14,20H,15-18H2,(H,31,37)(H2,32,33,35,36)/t20-/m1/s1. The summed E-state index contributed by atoms with van der Waals surface area (Å²) in [5, 5.41) is 9.42. The number of nitrogens with zero attached hydrogens (tertiary/aromatic N) is 1. The van der Waals surface area contributed by atoms with Crippen molar-refractivity contribution in [1.29, 1.82) is 0 Å². The molecule has 0 spiro atoms. The largest absolute Gasteiger partial charge is 0.445 e. The lowest BCUT2D eigenvalue weighted by Gasteiger charge is -2.12. The van der Waals surface area contributed by atoms with E-state index < -0.39 is 17.9 Å². The Morgan fingerprint density at radius 3 is 2.42 bits per heavy atom. The van der Waals surface area contributed by atoms with Crippen molar-refractivity contribution in [3.8, 4) is 0 Å². The summed E-state index contributed by atoms with van der Waals surface area (Å²) in [5.41, 5.74) is 4.96. The highest BCUT2D eigenvalue weighted by Crippen LogP contribution is 2.40. The molecule has 0 fully saturated rings. The highest BCUT2D eigenvalue weighted by molar-refractivity contribution is 6.38. The number of aromatic nitrogens is 1. The second kappa shape index (κ2) is 9.89. The van der Waals surface area contributed by atoms with Gasteiger partial charge in [0.05, 0.1) is 5.57 Å². The Morgan fingerprint density at radius 2 is 1.63 bits per heavy atom. The van der Waals surface area contributed by atoms with Gasteiger partial charge in [-0.15, -0.1) is 0 Å². The van der Waals surface area contributed by atoms with Gasteiger partial charge in [0.2, 0.25) is 0 Å².